The fourth-order valence-corrected chi connectivity index (χ4v) is 3.92. The average Bonchev–Trinajstić information content (AvgIpc) is 2.85. The smallest absolute Gasteiger partial charge is 0.232 e. The van der Waals surface area contributed by atoms with Gasteiger partial charge in [0.15, 0.2) is 0 Å². The molecule has 0 saturated heterocycles. The first-order valence-electron chi connectivity index (χ1n) is 6.79. The van der Waals surface area contributed by atoms with E-state index in [9.17, 15) is 8.42 Å². The van der Waals surface area contributed by atoms with Crippen LogP contribution in [0.2, 0.25) is 0 Å². The number of rotatable bonds is 8. The predicted octanol–water partition coefficient (Wildman–Crippen LogP) is 3.03. The second-order valence-electron chi connectivity index (χ2n) is 4.65. The molecule has 0 radical (unpaired) electrons. The monoisotopic (exact) mass is 312 g/mol. The van der Waals surface area contributed by atoms with Gasteiger partial charge < -0.3 is 5.32 Å². The Labute approximate surface area is 124 Å². The number of fused-ring (bicyclic) bond motifs is 1. The molecule has 0 saturated carbocycles. The van der Waals surface area contributed by atoms with Crippen LogP contribution >= 0.6 is 11.3 Å². The van der Waals surface area contributed by atoms with Crippen molar-refractivity contribution in [3.05, 3.63) is 29.6 Å². The largest absolute Gasteiger partial charge is 0.317 e. The van der Waals surface area contributed by atoms with E-state index < -0.39 is 10.0 Å². The van der Waals surface area contributed by atoms with Crippen LogP contribution < -0.4 is 10.0 Å². The number of sulfonamides is 1. The van der Waals surface area contributed by atoms with E-state index in [4.69, 9.17) is 0 Å². The highest BCUT2D eigenvalue weighted by molar-refractivity contribution is 7.92. The molecule has 2 rings (SSSR count). The van der Waals surface area contributed by atoms with Crippen LogP contribution in [0.5, 0.6) is 0 Å². The van der Waals surface area contributed by atoms with Gasteiger partial charge in [0.2, 0.25) is 10.0 Å². The number of hydrogen-bond acceptors (Lipinski definition) is 4. The van der Waals surface area contributed by atoms with Gasteiger partial charge >= 0.3 is 0 Å². The van der Waals surface area contributed by atoms with Crippen LogP contribution in [0.25, 0.3) is 10.1 Å². The molecule has 0 atom stereocenters. The summed E-state index contributed by atoms with van der Waals surface area (Å²) in [6.07, 6.45) is 1.54. The minimum Gasteiger partial charge on any atom is -0.317 e. The third kappa shape index (κ3) is 4.47. The Hall–Kier alpha value is -1.11. The fourth-order valence-electron chi connectivity index (χ4n) is 1.98. The number of anilines is 1. The van der Waals surface area contributed by atoms with Crippen molar-refractivity contribution in [2.24, 2.45) is 0 Å². The van der Waals surface area contributed by atoms with Gasteiger partial charge in [-0.2, -0.15) is 0 Å². The summed E-state index contributed by atoms with van der Waals surface area (Å²) in [6, 6.07) is 7.63. The molecule has 1 aromatic heterocycles. The van der Waals surface area contributed by atoms with Crippen molar-refractivity contribution in [2.75, 3.05) is 23.6 Å². The van der Waals surface area contributed by atoms with Crippen molar-refractivity contribution >= 4 is 37.1 Å². The summed E-state index contributed by atoms with van der Waals surface area (Å²) in [6.45, 7) is 3.83. The molecule has 2 N–H and O–H groups in total. The molecular weight excluding hydrogens is 292 g/mol. The molecule has 0 aliphatic heterocycles. The highest BCUT2D eigenvalue weighted by Crippen LogP contribution is 2.24. The Morgan fingerprint density at radius 1 is 1.20 bits per heavy atom. The fraction of sp³-hybridized carbons (Fsp3) is 0.429. The van der Waals surface area contributed by atoms with Crippen molar-refractivity contribution < 1.29 is 8.42 Å². The maximum atomic E-state index is 12.0. The molecule has 0 unspecified atom stereocenters. The van der Waals surface area contributed by atoms with Crippen LogP contribution in [0.1, 0.15) is 19.8 Å². The molecule has 0 bridgehead atoms. The lowest BCUT2D eigenvalue weighted by molar-refractivity contribution is 0.593. The van der Waals surface area contributed by atoms with Crippen LogP contribution in [0.15, 0.2) is 29.6 Å². The van der Waals surface area contributed by atoms with Crippen LogP contribution in [-0.2, 0) is 10.0 Å². The second kappa shape index (κ2) is 7.06. The zero-order valence-corrected chi connectivity index (χ0v) is 13.2. The first-order chi connectivity index (χ1) is 9.61. The number of unbranched alkanes of at least 4 members (excludes halogenated alkanes) is 1. The maximum Gasteiger partial charge on any atom is 0.232 e. The average molecular weight is 312 g/mol. The van der Waals surface area contributed by atoms with Crippen molar-refractivity contribution in [2.45, 2.75) is 19.8 Å². The first-order valence-corrected chi connectivity index (χ1v) is 9.32. The van der Waals surface area contributed by atoms with Gasteiger partial charge in [-0.05, 0) is 61.0 Å². The van der Waals surface area contributed by atoms with E-state index >= 15 is 0 Å². The summed E-state index contributed by atoms with van der Waals surface area (Å²) < 4.78 is 27.8. The molecule has 2 aromatic rings. The highest BCUT2D eigenvalue weighted by Gasteiger charge is 2.10. The molecule has 1 heterocycles. The van der Waals surface area contributed by atoms with Gasteiger partial charge in [-0.25, -0.2) is 8.42 Å². The molecule has 0 amide bonds. The SMILES string of the molecule is CCNCCCCS(=O)(=O)Nc1ccc2sccc2c1. The summed E-state index contributed by atoms with van der Waals surface area (Å²) in [5.74, 6) is 0.167. The number of nitrogens with one attached hydrogen (secondary N) is 2. The van der Waals surface area contributed by atoms with Gasteiger partial charge in [-0.1, -0.05) is 6.92 Å². The standard InChI is InChI=1S/C14H20N2O2S2/c1-2-15-8-3-4-10-20(17,18)16-13-5-6-14-12(11-13)7-9-19-14/h5-7,9,11,15-16H,2-4,8,10H2,1H3. The summed E-state index contributed by atoms with van der Waals surface area (Å²) >= 11 is 1.65. The van der Waals surface area contributed by atoms with Crippen LogP contribution in [0.3, 0.4) is 0 Å². The van der Waals surface area contributed by atoms with E-state index in [2.05, 4.69) is 10.0 Å². The Balaban J connectivity index is 1.90. The van der Waals surface area contributed by atoms with E-state index in [1.54, 1.807) is 11.3 Å². The van der Waals surface area contributed by atoms with Gasteiger partial charge in [0.25, 0.3) is 0 Å². The Morgan fingerprint density at radius 3 is 2.85 bits per heavy atom. The van der Waals surface area contributed by atoms with E-state index in [1.165, 1.54) is 4.70 Å². The minimum absolute atomic E-state index is 0.167. The molecule has 0 aliphatic rings. The summed E-state index contributed by atoms with van der Waals surface area (Å²) in [7, 11) is -3.25. The topological polar surface area (TPSA) is 58.2 Å². The molecule has 0 fully saturated rings. The van der Waals surface area contributed by atoms with Gasteiger partial charge in [0.1, 0.15) is 0 Å². The first kappa shape index (κ1) is 15.3. The van der Waals surface area contributed by atoms with Gasteiger partial charge in [0, 0.05) is 10.4 Å². The lowest BCUT2D eigenvalue weighted by Gasteiger charge is -2.08. The van der Waals surface area contributed by atoms with Crippen LogP contribution in [0.4, 0.5) is 5.69 Å². The predicted molar refractivity (Wildman–Crippen MR) is 87.0 cm³/mol. The number of thiophene rings is 1. The molecule has 1 aromatic carbocycles. The van der Waals surface area contributed by atoms with Crippen molar-refractivity contribution in [3.63, 3.8) is 0 Å². The molecular formula is C14H20N2O2S2. The lowest BCUT2D eigenvalue weighted by Crippen LogP contribution is -2.19. The quantitative estimate of drug-likeness (QED) is 0.737. The van der Waals surface area contributed by atoms with E-state index in [-0.39, 0.29) is 5.75 Å². The Kier molecular flexibility index (Phi) is 5.39. The Bertz CT molecular complexity index is 650. The summed E-state index contributed by atoms with van der Waals surface area (Å²) in [4.78, 5) is 0. The summed E-state index contributed by atoms with van der Waals surface area (Å²) in [5.41, 5.74) is 0.641. The van der Waals surface area contributed by atoms with Crippen molar-refractivity contribution in [3.8, 4) is 0 Å². The van der Waals surface area contributed by atoms with Crippen LogP contribution in [-0.4, -0.2) is 27.3 Å². The minimum atomic E-state index is -3.25. The normalized spacial score (nSPS) is 11.8. The van der Waals surface area contributed by atoms with Gasteiger partial charge in [0.05, 0.1) is 5.75 Å². The van der Waals surface area contributed by atoms with Crippen molar-refractivity contribution in [1.82, 2.24) is 5.32 Å². The molecule has 0 spiro atoms. The summed E-state index contributed by atoms with van der Waals surface area (Å²) in [5, 5.41) is 6.26. The van der Waals surface area contributed by atoms with Gasteiger partial charge in [-0.15, -0.1) is 11.3 Å². The number of hydrogen-bond donors (Lipinski definition) is 2. The van der Waals surface area contributed by atoms with Gasteiger partial charge in [-0.3, -0.25) is 4.72 Å². The highest BCUT2D eigenvalue weighted by atomic mass is 32.2. The third-order valence-corrected chi connectivity index (χ3v) is 5.26. The lowest BCUT2D eigenvalue weighted by atomic mass is 10.2. The third-order valence-electron chi connectivity index (χ3n) is 2.99. The molecule has 20 heavy (non-hydrogen) atoms. The second-order valence-corrected chi connectivity index (χ2v) is 7.44. The van der Waals surface area contributed by atoms with Crippen molar-refractivity contribution in [1.29, 1.82) is 0 Å². The zero-order valence-electron chi connectivity index (χ0n) is 11.6. The molecule has 6 heteroatoms. The number of benzene rings is 1. The molecule has 4 nitrogen and oxygen atoms in total. The van der Waals surface area contributed by atoms with E-state index in [0.29, 0.717) is 12.1 Å². The molecule has 0 aliphatic carbocycles. The zero-order chi connectivity index (χ0) is 14.4. The van der Waals surface area contributed by atoms with Crippen LogP contribution in [0, 0.1) is 0 Å². The van der Waals surface area contributed by atoms with E-state index in [1.807, 2.05) is 36.6 Å². The Morgan fingerprint density at radius 2 is 2.05 bits per heavy atom. The maximum absolute atomic E-state index is 12.0. The van der Waals surface area contributed by atoms with E-state index in [0.717, 1.165) is 24.9 Å². The molecule has 110 valence electrons.